The van der Waals surface area contributed by atoms with Crippen molar-refractivity contribution in [3.05, 3.63) is 64.1 Å². The van der Waals surface area contributed by atoms with Gasteiger partial charge in [0.2, 0.25) is 0 Å². The molecular weight excluding hydrogens is 440 g/mol. The molecular formula is C21H25BrN2O5. The molecule has 3 rings (SSSR count). The number of methoxy groups -OCH3 is 1. The number of hydrogen-bond donors (Lipinski definition) is 2. The second-order valence-corrected chi connectivity index (χ2v) is 7.46. The van der Waals surface area contributed by atoms with Crippen LogP contribution in [0.25, 0.3) is 0 Å². The van der Waals surface area contributed by atoms with Gasteiger partial charge in [-0.05, 0) is 29.3 Å². The van der Waals surface area contributed by atoms with Gasteiger partial charge in [-0.25, -0.2) is 9.59 Å². The molecule has 0 radical (unpaired) electrons. The molecule has 2 aromatic carbocycles. The van der Waals surface area contributed by atoms with Crippen molar-refractivity contribution in [2.45, 2.75) is 13.1 Å². The molecule has 0 spiro atoms. The minimum Gasteiger partial charge on any atom is -0.497 e. The van der Waals surface area contributed by atoms with Gasteiger partial charge in [0.1, 0.15) is 5.75 Å². The topological polar surface area (TPSA) is 90.3 Å². The molecule has 0 bridgehead atoms. The van der Waals surface area contributed by atoms with E-state index in [4.69, 9.17) is 24.5 Å². The Balaban J connectivity index is 0.000000438. The smallest absolute Gasteiger partial charge is 0.414 e. The minimum absolute atomic E-state index is 0.923. The third-order valence-corrected chi connectivity index (χ3v) is 5.34. The highest BCUT2D eigenvalue weighted by atomic mass is 79.9. The number of hydrogen-bond acceptors (Lipinski definition) is 5. The third-order valence-electron chi connectivity index (χ3n) is 4.56. The Morgan fingerprint density at radius 2 is 1.41 bits per heavy atom. The molecule has 1 aliphatic heterocycles. The zero-order valence-corrected chi connectivity index (χ0v) is 17.8. The number of nitrogens with zero attached hydrogens (tertiary/aromatic N) is 2. The van der Waals surface area contributed by atoms with Crippen LogP contribution in [0.4, 0.5) is 0 Å². The van der Waals surface area contributed by atoms with E-state index >= 15 is 0 Å². The molecule has 0 unspecified atom stereocenters. The number of carbonyl (C=O) groups is 2. The molecule has 2 aromatic rings. The van der Waals surface area contributed by atoms with Crippen LogP contribution in [0.1, 0.15) is 11.1 Å². The Bertz CT molecular complexity index is 793. The van der Waals surface area contributed by atoms with E-state index in [0.29, 0.717) is 0 Å². The maximum atomic E-state index is 9.10. The molecule has 0 aromatic heterocycles. The molecule has 0 aliphatic carbocycles. The quantitative estimate of drug-likeness (QED) is 0.657. The SMILES string of the molecule is COc1ccc(CN2CCN(Cc3ccccc3Br)CC2)cc1.O=C(O)C(=O)O. The Kier molecular flexibility index (Phi) is 9.11. The van der Waals surface area contributed by atoms with Gasteiger partial charge in [-0.1, -0.05) is 46.3 Å². The highest BCUT2D eigenvalue weighted by Crippen LogP contribution is 2.19. The van der Waals surface area contributed by atoms with Crippen LogP contribution < -0.4 is 4.74 Å². The number of piperazine rings is 1. The Morgan fingerprint density at radius 1 is 0.897 bits per heavy atom. The average Bonchev–Trinajstić information content (AvgIpc) is 2.72. The van der Waals surface area contributed by atoms with Crippen LogP contribution in [0, 0.1) is 0 Å². The number of aliphatic carboxylic acids is 2. The fraction of sp³-hybridized carbons (Fsp3) is 0.333. The van der Waals surface area contributed by atoms with E-state index in [9.17, 15) is 0 Å². The van der Waals surface area contributed by atoms with Crippen LogP contribution in [0.15, 0.2) is 53.0 Å². The highest BCUT2D eigenvalue weighted by Gasteiger charge is 2.17. The Hall–Kier alpha value is -2.42. The Labute approximate surface area is 178 Å². The summed E-state index contributed by atoms with van der Waals surface area (Å²) in [7, 11) is 1.71. The van der Waals surface area contributed by atoms with Gasteiger partial charge >= 0.3 is 11.9 Å². The average molecular weight is 465 g/mol. The van der Waals surface area contributed by atoms with Crippen molar-refractivity contribution in [2.75, 3.05) is 33.3 Å². The molecule has 8 heteroatoms. The second-order valence-electron chi connectivity index (χ2n) is 6.60. The van der Waals surface area contributed by atoms with E-state index < -0.39 is 11.9 Å². The van der Waals surface area contributed by atoms with Crippen LogP contribution in [0.5, 0.6) is 5.75 Å². The molecule has 1 heterocycles. The molecule has 7 nitrogen and oxygen atoms in total. The maximum absolute atomic E-state index is 9.10. The summed E-state index contributed by atoms with van der Waals surface area (Å²) in [4.78, 5) is 23.3. The van der Waals surface area contributed by atoms with Gasteiger partial charge in [-0.15, -0.1) is 0 Å². The molecule has 1 saturated heterocycles. The normalized spacial score (nSPS) is 14.6. The van der Waals surface area contributed by atoms with E-state index in [0.717, 1.165) is 45.0 Å². The van der Waals surface area contributed by atoms with Gasteiger partial charge in [0, 0.05) is 43.7 Å². The number of ether oxygens (including phenoxy) is 1. The summed E-state index contributed by atoms with van der Waals surface area (Å²) in [5.41, 5.74) is 2.72. The van der Waals surface area contributed by atoms with Gasteiger partial charge in [-0.3, -0.25) is 9.80 Å². The third kappa shape index (κ3) is 7.84. The van der Waals surface area contributed by atoms with Crippen molar-refractivity contribution >= 4 is 27.9 Å². The van der Waals surface area contributed by atoms with E-state index in [2.05, 4.69) is 62.1 Å². The summed E-state index contributed by atoms with van der Waals surface area (Å²) >= 11 is 3.64. The van der Waals surface area contributed by atoms with Crippen LogP contribution >= 0.6 is 15.9 Å². The van der Waals surface area contributed by atoms with Crippen molar-refractivity contribution in [1.82, 2.24) is 9.80 Å². The lowest BCUT2D eigenvalue weighted by molar-refractivity contribution is -0.159. The molecule has 1 fully saturated rings. The predicted octanol–water partition coefficient (Wildman–Crippen LogP) is 2.93. The Morgan fingerprint density at radius 3 is 1.90 bits per heavy atom. The lowest BCUT2D eigenvalue weighted by atomic mass is 10.1. The standard InChI is InChI=1S/C19H23BrN2O.C2H2O4/c1-23-18-8-6-16(7-9-18)14-21-10-12-22(13-11-21)15-17-4-2-3-5-19(17)20;3-1(4)2(5)6/h2-9H,10-15H2,1H3;(H,3,4)(H,5,6). The molecule has 2 N–H and O–H groups in total. The summed E-state index contributed by atoms with van der Waals surface area (Å²) in [6.07, 6.45) is 0. The van der Waals surface area contributed by atoms with Crippen molar-refractivity contribution in [1.29, 1.82) is 0 Å². The zero-order valence-electron chi connectivity index (χ0n) is 16.3. The van der Waals surface area contributed by atoms with Crippen molar-refractivity contribution in [2.24, 2.45) is 0 Å². The van der Waals surface area contributed by atoms with Crippen LogP contribution in [-0.4, -0.2) is 65.2 Å². The number of rotatable bonds is 5. The van der Waals surface area contributed by atoms with Gasteiger partial charge in [0.15, 0.2) is 0 Å². The van der Waals surface area contributed by atoms with Crippen molar-refractivity contribution < 1.29 is 24.5 Å². The van der Waals surface area contributed by atoms with Crippen LogP contribution in [0.3, 0.4) is 0 Å². The van der Waals surface area contributed by atoms with Gasteiger partial charge in [-0.2, -0.15) is 0 Å². The fourth-order valence-corrected chi connectivity index (χ4v) is 3.37. The minimum atomic E-state index is -1.82. The molecule has 156 valence electrons. The summed E-state index contributed by atoms with van der Waals surface area (Å²) in [5, 5.41) is 14.8. The van der Waals surface area contributed by atoms with E-state index in [1.54, 1.807) is 7.11 Å². The molecule has 1 aliphatic rings. The first-order chi connectivity index (χ1) is 13.9. The van der Waals surface area contributed by atoms with Crippen molar-refractivity contribution in [3.8, 4) is 5.75 Å². The largest absolute Gasteiger partial charge is 0.497 e. The molecule has 0 atom stereocenters. The first kappa shape index (κ1) is 22.9. The first-order valence-electron chi connectivity index (χ1n) is 9.16. The summed E-state index contributed by atoms with van der Waals surface area (Å²) in [5.74, 6) is -2.72. The zero-order chi connectivity index (χ0) is 21.2. The number of carboxylic acids is 2. The monoisotopic (exact) mass is 464 g/mol. The van der Waals surface area contributed by atoms with E-state index in [1.807, 2.05) is 12.1 Å². The van der Waals surface area contributed by atoms with E-state index in [-0.39, 0.29) is 0 Å². The number of carboxylic acid groups (broad SMARTS) is 2. The predicted molar refractivity (Wildman–Crippen MR) is 113 cm³/mol. The lowest BCUT2D eigenvalue weighted by Gasteiger charge is -2.35. The lowest BCUT2D eigenvalue weighted by Crippen LogP contribution is -2.45. The fourth-order valence-electron chi connectivity index (χ4n) is 2.96. The van der Waals surface area contributed by atoms with Crippen LogP contribution in [-0.2, 0) is 22.7 Å². The van der Waals surface area contributed by atoms with Gasteiger partial charge in [0.25, 0.3) is 0 Å². The van der Waals surface area contributed by atoms with E-state index in [1.165, 1.54) is 15.6 Å². The number of benzene rings is 2. The summed E-state index contributed by atoms with van der Waals surface area (Å²) < 4.78 is 6.42. The van der Waals surface area contributed by atoms with Crippen molar-refractivity contribution in [3.63, 3.8) is 0 Å². The summed E-state index contributed by atoms with van der Waals surface area (Å²) in [6, 6.07) is 16.9. The van der Waals surface area contributed by atoms with Crippen LogP contribution in [0.2, 0.25) is 0 Å². The second kappa shape index (κ2) is 11.5. The highest BCUT2D eigenvalue weighted by molar-refractivity contribution is 9.10. The molecule has 29 heavy (non-hydrogen) atoms. The van der Waals surface area contributed by atoms with Gasteiger partial charge < -0.3 is 14.9 Å². The molecule has 0 amide bonds. The van der Waals surface area contributed by atoms with Gasteiger partial charge in [0.05, 0.1) is 7.11 Å². The molecule has 0 saturated carbocycles. The summed E-state index contributed by atoms with van der Waals surface area (Å²) in [6.45, 7) is 6.53. The maximum Gasteiger partial charge on any atom is 0.414 e. The first-order valence-corrected chi connectivity index (χ1v) is 9.95. The number of halogens is 1.